The summed E-state index contributed by atoms with van der Waals surface area (Å²) in [6.45, 7) is 2.18. The van der Waals surface area contributed by atoms with E-state index in [2.05, 4.69) is 10.3 Å². The molecule has 0 bridgehead atoms. The monoisotopic (exact) mass is 272 g/mol. The van der Waals surface area contributed by atoms with Crippen LogP contribution in [-0.2, 0) is 4.79 Å². The van der Waals surface area contributed by atoms with Crippen molar-refractivity contribution in [2.75, 3.05) is 6.54 Å². The average molecular weight is 272 g/mol. The number of rotatable bonds is 4. The minimum atomic E-state index is -0.829. The zero-order valence-electron chi connectivity index (χ0n) is 11.2. The van der Waals surface area contributed by atoms with Crippen LogP contribution in [0, 0.1) is 12.3 Å². The third-order valence-corrected chi connectivity index (χ3v) is 3.92. The Morgan fingerprint density at radius 1 is 1.35 bits per heavy atom. The number of hydrogen-bond acceptors (Lipinski definition) is 2. The number of hydrogen-bond donors (Lipinski definition) is 3. The van der Waals surface area contributed by atoms with Crippen LogP contribution < -0.4 is 5.32 Å². The van der Waals surface area contributed by atoms with Gasteiger partial charge in [-0.3, -0.25) is 9.59 Å². The van der Waals surface area contributed by atoms with E-state index in [9.17, 15) is 9.59 Å². The molecule has 1 amide bonds. The largest absolute Gasteiger partial charge is 0.481 e. The Morgan fingerprint density at radius 3 is 2.75 bits per heavy atom. The maximum absolute atomic E-state index is 12.1. The summed E-state index contributed by atoms with van der Waals surface area (Å²) in [6.07, 6.45) is 1.27. The second-order valence-corrected chi connectivity index (χ2v) is 5.54. The molecule has 1 saturated carbocycles. The number of aliphatic carboxylic acids is 1. The summed E-state index contributed by atoms with van der Waals surface area (Å²) in [4.78, 5) is 26.2. The van der Waals surface area contributed by atoms with Crippen LogP contribution in [0.15, 0.2) is 24.3 Å². The minimum Gasteiger partial charge on any atom is -0.481 e. The van der Waals surface area contributed by atoms with Gasteiger partial charge in [0.25, 0.3) is 5.91 Å². The number of H-pyrrole nitrogens is 1. The second-order valence-electron chi connectivity index (χ2n) is 5.54. The lowest BCUT2D eigenvalue weighted by atomic mass is 10.1. The molecule has 0 aliphatic heterocycles. The van der Waals surface area contributed by atoms with Gasteiger partial charge in [-0.1, -0.05) is 12.1 Å². The van der Waals surface area contributed by atoms with Gasteiger partial charge in [0.1, 0.15) is 5.69 Å². The average Bonchev–Trinajstić information content (AvgIpc) is 3.09. The highest BCUT2D eigenvalue weighted by atomic mass is 16.4. The molecule has 1 heterocycles. The normalized spacial score (nSPS) is 16.1. The third-order valence-electron chi connectivity index (χ3n) is 3.92. The Morgan fingerprint density at radius 2 is 2.10 bits per heavy atom. The molecule has 0 saturated heterocycles. The van der Waals surface area contributed by atoms with Gasteiger partial charge in [-0.25, -0.2) is 0 Å². The third kappa shape index (κ3) is 2.15. The van der Waals surface area contributed by atoms with Gasteiger partial charge >= 0.3 is 5.97 Å². The number of amides is 1. The zero-order chi connectivity index (χ0) is 14.3. The van der Waals surface area contributed by atoms with Crippen molar-refractivity contribution in [1.82, 2.24) is 10.3 Å². The van der Waals surface area contributed by atoms with E-state index < -0.39 is 11.4 Å². The minimum absolute atomic E-state index is 0.190. The van der Waals surface area contributed by atoms with Crippen molar-refractivity contribution in [2.45, 2.75) is 19.8 Å². The molecule has 0 spiro atoms. The maximum Gasteiger partial charge on any atom is 0.311 e. The molecule has 2 aromatic rings. The van der Waals surface area contributed by atoms with E-state index in [0.29, 0.717) is 18.5 Å². The summed E-state index contributed by atoms with van der Waals surface area (Å²) in [5, 5.41) is 12.8. The van der Waals surface area contributed by atoms with Crippen molar-refractivity contribution in [2.24, 2.45) is 5.41 Å². The van der Waals surface area contributed by atoms with Crippen molar-refractivity contribution in [3.63, 3.8) is 0 Å². The molecular formula is C15H16N2O3. The smallest absolute Gasteiger partial charge is 0.311 e. The summed E-state index contributed by atoms with van der Waals surface area (Å²) < 4.78 is 0. The second kappa shape index (κ2) is 4.37. The Labute approximate surface area is 116 Å². The van der Waals surface area contributed by atoms with E-state index >= 15 is 0 Å². The molecule has 1 aromatic carbocycles. The van der Waals surface area contributed by atoms with Gasteiger partial charge in [-0.2, -0.15) is 0 Å². The summed E-state index contributed by atoms with van der Waals surface area (Å²) in [5.41, 5.74) is 1.76. The van der Waals surface area contributed by atoms with Gasteiger partial charge in [0, 0.05) is 17.4 Å². The standard InChI is InChI=1S/C15H16N2O3/c1-9-2-3-10-7-12(17-11(10)6-9)13(18)16-8-15(4-5-15)14(19)20/h2-3,6-7,17H,4-5,8H2,1H3,(H,16,18)(H,19,20). The Balaban J connectivity index is 1.74. The number of carbonyl (C=O) groups excluding carboxylic acids is 1. The molecule has 0 atom stereocenters. The first kappa shape index (κ1) is 12.7. The number of carboxylic acid groups (broad SMARTS) is 1. The number of aromatic amines is 1. The van der Waals surface area contributed by atoms with Gasteiger partial charge in [-0.15, -0.1) is 0 Å². The van der Waals surface area contributed by atoms with Gasteiger partial charge in [0.05, 0.1) is 5.41 Å². The van der Waals surface area contributed by atoms with Crippen LogP contribution in [0.2, 0.25) is 0 Å². The summed E-state index contributed by atoms with van der Waals surface area (Å²) in [6, 6.07) is 7.70. The van der Waals surface area contributed by atoms with E-state index in [4.69, 9.17) is 5.11 Å². The molecule has 1 aromatic heterocycles. The topological polar surface area (TPSA) is 82.2 Å². The number of fused-ring (bicyclic) bond motifs is 1. The van der Waals surface area contributed by atoms with Crippen LogP contribution in [0.4, 0.5) is 0 Å². The lowest BCUT2D eigenvalue weighted by Crippen LogP contribution is -2.34. The highest BCUT2D eigenvalue weighted by Crippen LogP contribution is 2.45. The van der Waals surface area contributed by atoms with Crippen molar-refractivity contribution in [3.05, 3.63) is 35.5 Å². The van der Waals surface area contributed by atoms with Crippen molar-refractivity contribution in [1.29, 1.82) is 0 Å². The molecular weight excluding hydrogens is 256 g/mol. The number of carbonyl (C=O) groups is 2. The first-order chi connectivity index (χ1) is 9.50. The predicted octanol–water partition coefficient (Wildman–Crippen LogP) is 2.07. The van der Waals surface area contributed by atoms with Crippen LogP contribution >= 0.6 is 0 Å². The number of nitrogens with one attached hydrogen (secondary N) is 2. The van der Waals surface area contributed by atoms with Gasteiger partial charge < -0.3 is 15.4 Å². The SMILES string of the molecule is Cc1ccc2cc(C(=O)NCC3(C(=O)O)CC3)[nH]c2c1. The molecule has 0 unspecified atom stereocenters. The van der Waals surface area contributed by atoms with Gasteiger partial charge in [0.15, 0.2) is 0 Å². The van der Waals surface area contributed by atoms with E-state index in [1.165, 1.54) is 0 Å². The first-order valence-corrected chi connectivity index (χ1v) is 6.61. The Hall–Kier alpha value is -2.30. The van der Waals surface area contributed by atoms with E-state index in [-0.39, 0.29) is 12.5 Å². The fourth-order valence-electron chi connectivity index (χ4n) is 2.33. The van der Waals surface area contributed by atoms with Crippen molar-refractivity contribution in [3.8, 4) is 0 Å². The molecule has 1 aliphatic rings. The molecule has 3 N–H and O–H groups in total. The molecule has 20 heavy (non-hydrogen) atoms. The highest BCUT2D eigenvalue weighted by molar-refractivity contribution is 5.98. The number of benzene rings is 1. The molecule has 104 valence electrons. The first-order valence-electron chi connectivity index (χ1n) is 6.61. The summed E-state index contributed by atoms with van der Waals surface area (Å²) >= 11 is 0. The summed E-state index contributed by atoms with van der Waals surface area (Å²) in [5.74, 6) is -1.09. The van der Waals surface area contributed by atoms with Crippen LogP contribution in [0.5, 0.6) is 0 Å². The molecule has 1 fully saturated rings. The van der Waals surface area contributed by atoms with Crippen molar-refractivity contribution < 1.29 is 14.7 Å². The van der Waals surface area contributed by atoms with Crippen LogP contribution in [0.3, 0.4) is 0 Å². The number of carboxylic acids is 1. The van der Waals surface area contributed by atoms with E-state index in [0.717, 1.165) is 16.5 Å². The van der Waals surface area contributed by atoms with Crippen LogP contribution in [-0.4, -0.2) is 28.5 Å². The van der Waals surface area contributed by atoms with Crippen LogP contribution in [0.25, 0.3) is 10.9 Å². The van der Waals surface area contributed by atoms with E-state index in [1.807, 2.05) is 25.1 Å². The molecule has 0 radical (unpaired) electrons. The van der Waals surface area contributed by atoms with Crippen molar-refractivity contribution >= 4 is 22.8 Å². The molecule has 5 heteroatoms. The highest BCUT2D eigenvalue weighted by Gasteiger charge is 2.50. The Bertz CT molecular complexity index is 698. The zero-order valence-corrected chi connectivity index (χ0v) is 11.2. The van der Waals surface area contributed by atoms with Gasteiger partial charge in [-0.05, 0) is 37.5 Å². The lowest BCUT2D eigenvalue weighted by Gasteiger charge is -2.10. The molecule has 5 nitrogen and oxygen atoms in total. The fourth-order valence-corrected chi connectivity index (χ4v) is 2.33. The van der Waals surface area contributed by atoms with E-state index in [1.54, 1.807) is 6.07 Å². The maximum atomic E-state index is 12.1. The quantitative estimate of drug-likeness (QED) is 0.796. The fraction of sp³-hybridized carbons (Fsp3) is 0.333. The molecule has 3 rings (SSSR count). The summed E-state index contributed by atoms with van der Waals surface area (Å²) in [7, 11) is 0. The molecule has 1 aliphatic carbocycles. The predicted molar refractivity (Wildman–Crippen MR) is 74.7 cm³/mol. The van der Waals surface area contributed by atoms with Gasteiger partial charge in [0.2, 0.25) is 0 Å². The number of aromatic nitrogens is 1. The number of aryl methyl sites for hydroxylation is 1. The van der Waals surface area contributed by atoms with Crippen LogP contribution in [0.1, 0.15) is 28.9 Å². The lowest BCUT2D eigenvalue weighted by molar-refractivity contribution is -0.143. The Kier molecular flexibility index (Phi) is 2.78.